The van der Waals surface area contributed by atoms with Crippen molar-refractivity contribution < 1.29 is 5.11 Å². The molecule has 0 rings (SSSR count). The van der Waals surface area contributed by atoms with Crippen molar-refractivity contribution in [2.45, 2.75) is 32.8 Å². The highest BCUT2D eigenvalue weighted by atomic mass is 16.3. The van der Waals surface area contributed by atoms with Gasteiger partial charge in [0.2, 0.25) is 0 Å². The van der Waals surface area contributed by atoms with Gasteiger partial charge in [-0.15, -0.1) is 0 Å². The molecule has 0 amide bonds. The maximum Gasteiger partial charge on any atom is 0.0512 e. The molecule has 0 aliphatic rings. The van der Waals surface area contributed by atoms with E-state index in [1.807, 2.05) is 6.92 Å². The van der Waals surface area contributed by atoms with Gasteiger partial charge in [-0.05, 0) is 39.9 Å². The van der Waals surface area contributed by atoms with Gasteiger partial charge in [-0.2, -0.15) is 0 Å². The Hall–Kier alpha value is -0.0800. The van der Waals surface area contributed by atoms with Crippen LogP contribution in [0.2, 0.25) is 0 Å². The Labute approximate surface area is 63.8 Å². The normalized spacial score (nSPS) is 14.1. The largest absolute Gasteiger partial charge is 0.393 e. The lowest BCUT2D eigenvalue weighted by Crippen LogP contribution is -2.19. The first-order valence-electron chi connectivity index (χ1n) is 4.03. The molecule has 1 unspecified atom stereocenters. The Morgan fingerprint density at radius 3 is 2.50 bits per heavy atom. The van der Waals surface area contributed by atoms with E-state index in [4.69, 9.17) is 5.11 Å². The first-order valence-corrected chi connectivity index (χ1v) is 4.03. The summed E-state index contributed by atoms with van der Waals surface area (Å²) in [6.45, 7) is 6.18. The first kappa shape index (κ1) is 9.92. The Morgan fingerprint density at radius 1 is 1.50 bits per heavy atom. The highest BCUT2D eigenvalue weighted by Crippen LogP contribution is 1.96. The summed E-state index contributed by atoms with van der Waals surface area (Å²) >= 11 is 0. The Morgan fingerprint density at radius 2 is 2.10 bits per heavy atom. The molecule has 0 aliphatic heterocycles. The average Bonchev–Trinajstić information content (AvgIpc) is 1.87. The summed E-state index contributed by atoms with van der Waals surface area (Å²) in [5, 5.41) is 8.92. The smallest absolute Gasteiger partial charge is 0.0512 e. The van der Waals surface area contributed by atoms with Crippen molar-refractivity contribution >= 4 is 0 Å². The van der Waals surface area contributed by atoms with Gasteiger partial charge in [0.05, 0.1) is 6.10 Å². The molecule has 1 N–H and O–H groups in total. The summed E-state index contributed by atoms with van der Waals surface area (Å²) < 4.78 is 0. The SMILES string of the molecule is CCN(C)CCCC(C)O. The third kappa shape index (κ3) is 6.05. The van der Waals surface area contributed by atoms with Crippen LogP contribution < -0.4 is 0 Å². The number of aliphatic hydroxyl groups excluding tert-OH is 1. The number of aliphatic hydroxyl groups is 1. The molecule has 0 aromatic carbocycles. The number of nitrogens with zero attached hydrogens (tertiary/aromatic N) is 1. The minimum Gasteiger partial charge on any atom is -0.393 e. The van der Waals surface area contributed by atoms with Crippen LogP contribution in [-0.4, -0.2) is 36.2 Å². The van der Waals surface area contributed by atoms with E-state index in [1.165, 1.54) is 0 Å². The Bertz CT molecular complexity index is 73.7. The van der Waals surface area contributed by atoms with Crippen molar-refractivity contribution in [3.63, 3.8) is 0 Å². The van der Waals surface area contributed by atoms with Crippen molar-refractivity contribution in [1.82, 2.24) is 4.90 Å². The first-order chi connectivity index (χ1) is 4.66. The average molecular weight is 145 g/mol. The second-order valence-corrected chi connectivity index (χ2v) is 2.89. The van der Waals surface area contributed by atoms with E-state index in [1.54, 1.807) is 0 Å². The fourth-order valence-corrected chi connectivity index (χ4v) is 0.815. The molecule has 2 heteroatoms. The predicted molar refractivity (Wildman–Crippen MR) is 44.1 cm³/mol. The second kappa shape index (κ2) is 5.69. The lowest BCUT2D eigenvalue weighted by atomic mass is 10.2. The second-order valence-electron chi connectivity index (χ2n) is 2.89. The van der Waals surface area contributed by atoms with Gasteiger partial charge in [-0.25, -0.2) is 0 Å². The Kier molecular flexibility index (Phi) is 5.64. The van der Waals surface area contributed by atoms with Crippen LogP contribution in [0, 0.1) is 0 Å². The highest BCUT2D eigenvalue weighted by Gasteiger charge is 1.97. The number of rotatable bonds is 5. The van der Waals surface area contributed by atoms with E-state index in [2.05, 4.69) is 18.9 Å². The fraction of sp³-hybridized carbons (Fsp3) is 1.00. The van der Waals surface area contributed by atoms with Crippen molar-refractivity contribution in [3.05, 3.63) is 0 Å². The monoisotopic (exact) mass is 145 g/mol. The lowest BCUT2D eigenvalue weighted by Gasteiger charge is -2.13. The molecule has 0 spiro atoms. The molecule has 0 aliphatic carbocycles. The van der Waals surface area contributed by atoms with Gasteiger partial charge in [0.15, 0.2) is 0 Å². The summed E-state index contributed by atoms with van der Waals surface area (Å²) in [6.07, 6.45) is 1.89. The predicted octanol–water partition coefficient (Wildman–Crippen LogP) is 1.10. The summed E-state index contributed by atoms with van der Waals surface area (Å²) in [7, 11) is 2.10. The molecule has 0 fully saturated rings. The van der Waals surface area contributed by atoms with Crippen LogP contribution in [0.3, 0.4) is 0 Å². The van der Waals surface area contributed by atoms with E-state index in [-0.39, 0.29) is 6.10 Å². The number of hydrogen-bond acceptors (Lipinski definition) is 2. The molecular formula is C8H19NO. The topological polar surface area (TPSA) is 23.5 Å². The van der Waals surface area contributed by atoms with Crippen molar-refractivity contribution in [1.29, 1.82) is 0 Å². The molecule has 0 radical (unpaired) electrons. The van der Waals surface area contributed by atoms with Gasteiger partial charge in [-0.3, -0.25) is 0 Å². The van der Waals surface area contributed by atoms with Crippen molar-refractivity contribution in [3.8, 4) is 0 Å². The summed E-state index contributed by atoms with van der Waals surface area (Å²) in [4.78, 5) is 2.25. The zero-order valence-corrected chi connectivity index (χ0v) is 7.30. The molecule has 0 aromatic heterocycles. The summed E-state index contributed by atoms with van der Waals surface area (Å²) in [5.74, 6) is 0. The number of hydrogen-bond donors (Lipinski definition) is 1. The summed E-state index contributed by atoms with van der Waals surface area (Å²) in [6, 6.07) is 0. The van der Waals surface area contributed by atoms with Gasteiger partial charge in [-0.1, -0.05) is 6.92 Å². The molecule has 62 valence electrons. The van der Waals surface area contributed by atoms with Crippen molar-refractivity contribution in [2.24, 2.45) is 0 Å². The van der Waals surface area contributed by atoms with Gasteiger partial charge < -0.3 is 10.0 Å². The summed E-state index contributed by atoms with van der Waals surface area (Å²) in [5.41, 5.74) is 0. The quantitative estimate of drug-likeness (QED) is 0.626. The van der Waals surface area contributed by atoms with Gasteiger partial charge in [0, 0.05) is 0 Å². The molecule has 10 heavy (non-hydrogen) atoms. The van der Waals surface area contributed by atoms with E-state index in [0.717, 1.165) is 25.9 Å². The zero-order valence-electron chi connectivity index (χ0n) is 7.30. The Balaban J connectivity index is 3.03. The molecule has 2 nitrogen and oxygen atoms in total. The van der Waals surface area contributed by atoms with Crippen LogP contribution in [0.25, 0.3) is 0 Å². The van der Waals surface area contributed by atoms with E-state index in [9.17, 15) is 0 Å². The van der Waals surface area contributed by atoms with E-state index >= 15 is 0 Å². The fourth-order valence-electron chi connectivity index (χ4n) is 0.815. The minimum atomic E-state index is -0.134. The highest BCUT2D eigenvalue weighted by molar-refractivity contribution is 4.51. The third-order valence-corrected chi connectivity index (χ3v) is 1.70. The standard InChI is InChI=1S/C8H19NO/c1-4-9(3)7-5-6-8(2)10/h8,10H,4-7H2,1-3H3. The van der Waals surface area contributed by atoms with Gasteiger partial charge in [0.1, 0.15) is 0 Å². The molecular weight excluding hydrogens is 126 g/mol. The van der Waals surface area contributed by atoms with Crippen LogP contribution in [0.4, 0.5) is 0 Å². The molecule has 0 bridgehead atoms. The van der Waals surface area contributed by atoms with Crippen LogP contribution in [0.15, 0.2) is 0 Å². The maximum atomic E-state index is 8.92. The minimum absolute atomic E-state index is 0.134. The van der Waals surface area contributed by atoms with Gasteiger partial charge >= 0.3 is 0 Å². The van der Waals surface area contributed by atoms with Crippen LogP contribution in [0.5, 0.6) is 0 Å². The molecule has 0 aromatic rings. The zero-order chi connectivity index (χ0) is 7.98. The lowest BCUT2D eigenvalue weighted by molar-refractivity contribution is 0.175. The van der Waals surface area contributed by atoms with Crippen LogP contribution in [-0.2, 0) is 0 Å². The van der Waals surface area contributed by atoms with Crippen molar-refractivity contribution in [2.75, 3.05) is 20.1 Å². The van der Waals surface area contributed by atoms with E-state index < -0.39 is 0 Å². The molecule has 0 heterocycles. The van der Waals surface area contributed by atoms with Crippen LogP contribution in [0.1, 0.15) is 26.7 Å². The molecule has 1 atom stereocenters. The van der Waals surface area contributed by atoms with Gasteiger partial charge in [0.25, 0.3) is 0 Å². The molecule has 0 saturated carbocycles. The van der Waals surface area contributed by atoms with E-state index in [0.29, 0.717) is 0 Å². The van der Waals surface area contributed by atoms with Crippen LogP contribution >= 0.6 is 0 Å². The molecule has 0 saturated heterocycles. The third-order valence-electron chi connectivity index (χ3n) is 1.70. The maximum absolute atomic E-state index is 8.92.